The van der Waals surface area contributed by atoms with Crippen LogP contribution in [0.4, 0.5) is 0 Å². The lowest BCUT2D eigenvalue weighted by atomic mass is 9.91. The molecule has 1 aliphatic carbocycles. The molecule has 1 saturated carbocycles. The number of Topliss-reactive ketones (excluding diaryl/α,β-unsaturated/α-hetero) is 1. The van der Waals surface area contributed by atoms with Gasteiger partial charge >= 0.3 is 0 Å². The largest absolute Gasteiger partial charge is 0.393 e. The Balaban J connectivity index is 1.92. The molecule has 0 radical (unpaired) electrons. The van der Waals surface area contributed by atoms with Crippen LogP contribution in [0.25, 0.3) is 0 Å². The fraction of sp³-hybridized carbons (Fsp3) is 0.357. The van der Waals surface area contributed by atoms with Crippen LogP contribution < -0.4 is 5.73 Å². The highest BCUT2D eigenvalue weighted by Crippen LogP contribution is 2.49. The van der Waals surface area contributed by atoms with E-state index in [-0.39, 0.29) is 5.78 Å². The first-order valence-corrected chi connectivity index (χ1v) is 7.80. The molecule has 3 rings (SSSR count). The fourth-order valence-electron chi connectivity index (χ4n) is 2.84. The Morgan fingerprint density at radius 1 is 1.28 bits per heavy atom. The second-order valence-corrected chi connectivity index (χ2v) is 7.00. The summed E-state index contributed by atoms with van der Waals surface area (Å²) in [5.74, 6) is 0.494. The number of thioether (sulfide) groups is 1. The summed E-state index contributed by atoms with van der Waals surface area (Å²) in [7, 11) is 0. The number of nitrogens with two attached hydrogens (primary N) is 1. The summed E-state index contributed by atoms with van der Waals surface area (Å²) in [5, 5.41) is 1.29. The predicted octanol–water partition coefficient (Wildman–Crippen LogP) is 3.72. The number of carbonyl (C=O) groups is 1. The summed E-state index contributed by atoms with van der Waals surface area (Å²) < 4.78 is 0.987. The van der Waals surface area contributed by atoms with Crippen LogP contribution in [0, 0.1) is 5.92 Å². The maximum atomic E-state index is 12.5. The van der Waals surface area contributed by atoms with Gasteiger partial charge < -0.3 is 5.73 Å². The van der Waals surface area contributed by atoms with Gasteiger partial charge in [-0.3, -0.25) is 4.79 Å². The highest BCUT2D eigenvalue weighted by Gasteiger charge is 2.41. The Morgan fingerprint density at radius 2 is 2.00 bits per heavy atom. The van der Waals surface area contributed by atoms with E-state index in [4.69, 9.17) is 5.73 Å². The molecule has 0 spiro atoms. The second-order valence-electron chi connectivity index (χ2n) is 4.81. The second kappa shape index (κ2) is 4.74. The van der Waals surface area contributed by atoms with Crippen LogP contribution >= 0.6 is 27.7 Å². The number of carbonyl (C=O) groups excluding carboxylic acids is 1. The van der Waals surface area contributed by atoms with Gasteiger partial charge in [-0.15, -0.1) is 11.8 Å². The van der Waals surface area contributed by atoms with Crippen molar-refractivity contribution in [2.24, 2.45) is 11.7 Å². The molecule has 1 aliphatic heterocycles. The monoisotopic (exact) mass is 323 g/mol. The van der Waals surface area contributed by atoms with Crippen LogP contribution in [0.3, 0.4) is 0 Å². The SMILES string of the molecule is NC1=C(C(=O)c2ccc(Br)cc2)C2CCCC2S1. The van der Waals surface area contributed by atoms with Gasteiger partial charge in [-0.1, -0.05) is 22.4 Å². The van der Waals surface area contributed by atoms with Gasteiger partial charge in [0.05, 0.1) is 5.03 Å². The zero-order valence-electron chi connectivity index (χ0n) is 9.86. The van der Waals surface area contributed by atoms with E-state index in [0.717, 1.165) is 27.1 Å². The summed E-state index contributed by atoms with van der Waals surface area (Å²) in [6, 6.07) is 7.52. The number of rotatable bonds is 2. The van der Waals surface area contributed by atoms with Gasteiger partial charge in [-0.2, -0.15) is 0 Å². The Kier molecular flexibility index (Phi) is 3.24. The first-order chi connectivity index (χ1) is 8.66. The molecular formula is C14H14BrNOS. The van der Waals surface area contributed by atoms with Gasteiger partial charge in [0.15, 0.2) is 5.78 Å². The van der Waals surface area contributed by atoms with Gasteiger partial charge in [-0.25, -0.2) is 0 Å². The molecule has 1 aromatic rings. The summed E-state index contributed by atoms with van der Waals surface area (Å²) >= 11 is 5.08. The minimum Gasteiger partial charge on any atom is -0.393 e. The summed E-state index contributed by atoms with van der Waals surface area (Å²) in [4.78, 5) is 12.5. The molecule has 2 nitrogen and oxygen atoms in total. The van der Waals surface area contributed by atoms with E-state index in [1.807, 2.05) is 24.3 Å². The van der Waals surface area contributed by atoms with Crippen molar-refractivity contribution < 1.29 is 4.79 Å². The fourth-order valence-corrected chi connectivity index (χ4v) is 4.53. The molecule has 2 N–H and O–H groups in total. The molecule has 1 fully saturated rings. The van der Waals surface area contributed by atoms with Gasteiger partial charge in [-0.05, 0) is 37.1 Å². The lowest BCUT2D eigenvalue weighted by Gasteiger charge is -2.12. The molecule has 4 heteroatoms. The molecule has 2 atom stereocenters. The molecule has 2 unspecified atom stereocenters. The van der Waals surface area contributed by atoms with Crippen molar-refractivity contribution >= 4 is 33.5 Å². The van der Waals surface area contributed by atoms with E-state index in [9.17, 15) is 4.79 Å². The van der Waals surface area contributed by atoms with Crippen LogP contribution in [0.1, 0.15) is 29.6 Å². The first kappa shape index (κ1) is 12.3. The molecule has 0 bridgehead atoms. The van der Waals surface area contributed by atoms with Crippen molar-refractivity contribution in [3.8, 4) is 0 Å². The number of benzene rings is 1. The van der Waals surface area contributed by atoms with Crippen molar-refractivity contribution in [3.63, 3.8) is 0 Å². The Labute approximate surface area is 119 Å². The summed E-state index contributed by atoms with van der Waals surface area (Å²) in [6.45, 7) is 0. The molecule has 2 aliphatic rings. The number of ketones is 1. The highest BCUT2D eigenvalue weighted by atomic mass is 79.9. The van der Waals surface area contributed by atoms with Crippen molar-refractivity contribution in [1.29, 1.82) is 0 Å². The molecular weight excluding hydrogens is 310 g/mol. The third-order valence-corrected chi connectivity index (χ3v) is 5.59. The van der Waals surface area contributed by atoms with Crippen molar-refractivity contribution in [2.75, 3.05) is 0 Å². The van der Waals surface area contributed by atoms with Crippen LogP contribution in [0.15, 0.2) is 39.3 Å². The highest BCUT2D eigenvalue weighted by molar-refractivity contribution is 9.10. The number of allylic oxidation sites excluding steroid dienone is 1. The Bertz CT molecular complexity index is 523. The average Bonchev–Trinajstić information content (AvgIpc) is 2.89. The van der Waals surface area contributed by atoms with E-state index in [1.165, 1.54) is 12.8 Å². The van der Waals surface area contributed by atoms with E-state index >= 15 is 0 Å². The quantitative estimate of drug-likeness (QED) is 0.843. The molecule has 0 amide bonds. The lowest BCUT2D eigenvalue weighted by molar-refractivity contribution is 0.102. The number of hydrogen-bond acceptors (Lipinski definition) is 3. The standard InChI is InChI=1S/C14H14BrNOS/c15-9-6-4-8(5-7-9)13(17)12-10-2-1-3-11(10)18-14(12)16/h4-7,10-11H,1-3,16H2. The summed E-state index contributed by atoms with van der Waals surface area (Å²) in [5.41, 5.74) is 7.66. The molecule has 0 saturated heterocycles. The first-order valence-electron chi connectivity index (χ1n) is 6.13. The van der Waals surface area contributed by atoms with E-state index < -0.39 is 0 Å². The summed E-state index contributed by atoms with van der Waals surface area (Å²) in [6.07, 6.45) is 3.51. The molecule has 1 aromatic carbocycles. The Hall–Kier alpha value is -0.740. The zero-order chi connectivity index (χ0) is 12.7. The zero-order valence-corrected chi connectivity index (χ0v) is 12.3. The van der Waals surface area contributed by atoms with Crippen LogP contribution in [-0.4, -0.2) is 11.0 Å². The minimum absolute atomic E-state index is 0.113. The number of halogens is 1. The van der Waals surface area contributed by atoms with Crippen molar-refractivity contribution in [2.45, 2.75) is 24.5 Å². The normalized spacial score (nSPS) is 26.5. The van der Waals surface area contributed by atoms with Gasteiger partial charge in [0.1, 0.15) is 0 Å². The minimum atomic E-state index is 0.113. The van der Waals surface area contributed by atoms with Gasteiger partial charge in [0.25, 0.3) is 0 Å². The maximum absolute atomic E-state index is 12.5. The molecule has 94 valence electrons. The van der Waals surface area contributed by atoms with Gasteiger partial charge in [0.2, 0.25) is 0 Å². The van der Waals surface area contributed by atoms with E-state index in [0.29, 0.717) is 11.2 Å². The Morgan fingerprint density at radius 3 is 2.72 bits per heavy atom. The van der Waals surface area contributed by atoms with Crippen molar-refractivity contribution in [1.82, 2.24) is 0 Å². The molecule has 1 heterocycles. The number of hydrogen-bond donors (Lipinski definition) is 1. The van der Waals surface area contributed by atoms with E-state index in [2.05, 4.69) is 15.9 Å². The average molecular weight is 324 g/mol. The van der Waals surface area contributed by atoms with Crippen LogP contribution in [0.5, 0.6) is 0 Å². The van der Waals surface area contributed by atoms with Crippen molar-refractivity contribution in [3.05, 3.63) is 44.9 Å². The predicted molar refractivity (Wildman–Crippen MR) is 78.4 cm³/mol. The third-order valence-electron chi connectivity index (χ3n) is 3.72. The lowest BCUT2D eigenvalue weighted by Crippen LogP contribution is -2.15. The van der Waals surface area contributed by atoms with Crippen LogP contribution in [-0.2, 0) is 0 Å². The number of fused-ring (bicyclic) bond motifs is 1. The van der Waals surface area contributed by atoms with Crippen LogP contribution in [0.2, 0.25) is 0 Å². The smallest absolute Gasteiger partial charge is 0.191 e. The van der Waals surface area contributed by atoms with Gasteiger partial charge in [0, 0.05) is 26.8 Å². The van der Waals surface area contributed by atoms with E-state index in [1.54, 1.807) is 11.8 Å². The maximum Gasteiger partial charge on any atom is 0.191 e. The topological polar surface area (TPSA) is 43.1 Å². The molecule has 18 heavy (non-hydrogen) atoms. The third kappa shape index (κ3) is 2.01. The molecule has 0 aromatic heterocycles.